The van der Waals surface area contributed by atoms with Crippen molar-refractivity contribution in [3.05, 3.63) is 28.5 Å². The summed E-state index contributed by atoms with van der Waals surface area (Å²) in [5.74, 6) is 0.890. The van der Waals surface area contributed by atoms with Crippen molar-refractivity contribution in [2.75, 3.05) is 6.54 Å². The Labute approximate surface area is 116 Å². The molecule has 3 rings (SSSR count). The number of nitrogens with zero attached hydrogens (tertiary/aromatic N) is 2. The number of pyridine rings is 1. The van der Waals surface area contributed by atoms with Crippen molar-refractivity contribution in [3.8, 4) is 0 Å². The standard InChI is InChI=1S/C14H17BrN2O/c15-12-7-11(8-16-9-12)14(18)17-6-5-10-3-1-2-4-13(10)17/h7-10,13H,1-6H2. The summed E-state index contributed by atoms with van der Waals surface area (Å²) in [5, 5.41) is 0. The lowest BCUT2D eigenvalue weighted by atomic mass is 9.85. The van der Waals surface area contributed by atoms with Gasteiger partial charge in [-0.25, -0.2) is 0 Å². The fourth-order valence-corrected chi connectivity index (χ4v) is 3.72. The zero-order chi connectivity index (χ0) is 12.5. The normalized spacial score (nSPS) is 27.1. The van der Waals surface area contributed by atoms with Crippen LogP contribution in [0.3, 0.4) is 0 Å². The molecule has 1 saturated heterocycles. The van der Waals surface area contributed by atoms with Crippen molar-refractivity contribution in [3.63, 3.8) is 0 Å². The van der Waals surface area contributed by atoms with E-state index in [1.807, 2.05) is 6.07 Å². The molecule has 3 nitrogen and oxygen atoms in total. The van der Waals surface area contributed by atoms with Gasteiger partial charge in [-0.1, -0.05) is 12.8 Å². The van der Waals surface area contributed by atoms with Crippen LogP contribution in [0.15, 0.2) is 22.9 Å². The number of carbonyl (C=O) groups is 1. The molecule has 1 aliphatic carbocycles. The van der Waals surface area contributed by atoms with E-state index in [0.717, 1.165) is 16.9 Å². The molecule has 2 aliphatic rings. The van der Waals surface area contributed by atoms with E-state index in [9.17, 15) is 4.79 Å². The van der Waals surface area contributed by atoms with Crippen LogP contribution in [-0.2, 0) is 0 Å². The van der Waals surface area contributed by atoms with Gasteiger partial charge in [-0.05, 0) is 47.2 Å². The maximum atomic E-state index is 12.5. The highest BCUT2D eigenvalue weighted by Gasteiger charge is 2.38. The molecule has 0 aromatic carbocycles. The molecule has 0 radical (unpaired) electrons. The number of halogens is 1. The van der Waals surface area contributed by atoms with E-state index in [2.05, 4.69) is 25.8 Å². The number of fused-ring (bicyclic) bond motifs is 1. The number of likely N-dealkylation sites (tertiary alicyclic amines) is 1. The fourth-order valence-electron chi connectivity index (χ4n) is 3.35. The molecule has 1 saturated carbocycles. The molecule has 1 aromatic heterocycles. The third-order valence-electron chi connectivity index (χ3n) is 4.22. The van der Waals surface area contributed by atoms with Gasteiger partial charge in [-0.15, -0.1) is 0 Å². The minimum atomic E-state index is 0.151. The average Bonchev–Trinajstić information content (AvgIpc) is 2.82. The molecule has 0 spiro atoms. The topological polar surface area (TPSA) is 33.2 Å². The van der Waals surface area contributed by atoms with Gasteiger partial charge in [0.15, 0.2) is 0 Å². The molecule has 1 amide bonds. The summed E-state index contributed by atoms with van der Waals surface area (Å²) >= 11 is 3.37. The summed E-state index contributed by atoms with van der Waals surface area (Å²) in [4.78, 5) is 18.7. The van der Waals surface area contributed by atoms with Gasteiger partial charge in [0.25, 0.3) is 5.91 Å². The fraction of sp³-hybridized carbons (Fsp3) is 0.571. The second kappa shape index (κ2) is 5.00. The van der Waals surface area contributed by atoms with Gasteiger partial charge in [0, 0.05) is 29.5 Å². The minimum Gasteiger partial charge on any atom is -0.335 e. The van der Waals surface area contributed by atoms with Crippen LogP contribution >= 0.6 is 15.9 Å². The third-order valence-corrected chi connectivity index (χ3v) is 4.66. The van der Waals surface area contributed by atoms with Crippen LogP contribution < -0.4 is 0 Å². The molecule has 18 heavy (non-hydrogen) atoms. The van der Waals surface area contributed by atoms with E-state index in [0.29, 0.717) is 11.6 Å². The Morgan fingerprint density at radius 3 is 2.94 bits per heavy atom. The van der Waals surface area contributed by atoms with Gasteiger partial charge < -0.3 is 4.90 Å². The maximum Gasteiger partial charge on any atom is 0.255 e. The van der Waals surface area contributed by atoms with Crippen LogP contribution in [0.2, 0.25) is 0 Å². The van der Waals surface area contributed by atoms with Gasteiger partial charge in [0.2, 0.25) is 0 Å². The van der Waals surface area contributed by atoms with E-state index >= 15 is 0 Å². The summed E-state index contributed by atoms with van der Waals surface area (Å²) < 4.78 is 0.868. The van der Waals surface area contributed by atoms with Crippen LogP contribution in [0.4, 0.5) is 0 Å². The Hall–Kier alpha value is -0.900. The summed E-state index contributed by atoms with van der Waals surface area (Å²) in [6.07, 6.45) is 9.64. The van der Waals surface area contributed by atoms with Gasteiger partial charge in [0.05, 0.1) is 5.56 Å². The van der Waals surface area contributed by atoms with Crippen LogP contribution in [-0.4, -0.2) is 28.4 Å². The molecule has 1 aliphatic heterocycles. The molecule has 96 valence electrons. The Balaban J connectivity index is 1.80. The lowest BCUT2D eigenvalue weighted by Crippen LogP contribution is -2.39. The van der Waals surface area contributed by atoms with Crippen LogP contribution in [0.5, 0.6) is 0 Å². The predicted molar refractivity (Wildman–Crippen MR) is 73.3 cm³/mol. The number of amides is 1. The lowest BCUT2D eigenvalue weighted by molar-refractivity contribution is 0.0689. The largest absolute Gasteiger partial charge is 0.335 e. The van der Waals surface area contributed by atoms with Crippen LogP contribution in [0.1, 0.15) is 42.5 Å². The molecular formula is C14H17BrN2O. The molecular weight excluding hydrogens is 292 g/mol. The molecule has 2 fully saturated rings. The Morgan fingerprint density at radius 2 is 2.11 bits per heavy atom. The first-order valence-electron chi connectivity index (χ1n) is 6.67. The molecule has 0 bridgehead atoms. The second-order valence-corrected chi connectivity index (χ2v) is 6.21. The molecule has 0 N–H and O–H groups in total. The minimum absolute atomic E-state index is 0.151. The number of carbonyl (C=O) groups excluding carboxylic acids is 1. The van der Waals surface area contributed by atoms with Crippen LogP contribution in [0.25, 0.3) is 0 Å². The summed E-state index contributed by atoms with van der Waals surface area (Å²) in [5.41, 5.74) is 0.704. The smallest absolute Gasteiger partial charge is 0.255 e. The SMILES string of the molecule is O=C(c1cncc(Br)c1)N1CCC2CCCCC21. The van der Waals surface area contributed by atoms with Gasteiger partial charge in [-0.3, -0.25) is 9.78 Å². The lowest BCUT2D eigenvalue weighted by Gasteiger charge is -2.31. The van der Waals surface area contributed by atoms with Crippen molar-refractivity contribution < 1.29 is 4.79 Å². The second-order valence-electron chi connectivity index (χ2n) is 5.29. The third kappa shape index (κ3) is 2.18. The van der Waals surface area contributed by atoms with E-state index in [-0.39, 0.29) is 5.91 Å². The number of aromatic nitrogens is 1. The molecule has 2 unspecified atom stereocenters. The van der Waals surface area contributed by atoms with Gasteiger partial charge in [0.1, 0.15) is 0 Å². The van der Waals surface area contributed by atoms with Crippen molar-refractivity contribution in [2.24, 2.45) is 5.92 Å². The summed E-state index contributed by atoms with van der Waals surface area (Å²) in [6.45, 7) is 0.917. The van der Waals surface area contributed by atoms with Crippen molar-refractivity contribution in [2.45, 2.75) is 38.1 Å². The van der Waals surface area contributed by atoms with Crippen LogP contribution in [0, 0.1) is 5.92 Å². The Morgan fingerprint density at radius 1 is 1.28 bits per heavy atom. The highest BCUT2D eigenvalue weighted by molar-refractivity contribution is 9.10. The first-order chi connectivity index (χ1) is 8.75. The summed E-state index contributed by atoms with van der Waals surface area (Å²) in [7, 11) is 0. The average molecular weight is 309 g/mol. The first kappa shape index (κ1) is 12.2. The quantitative estimate of drug-likeness (QED) is 0.798. The van der Waals surface area contributed by atoms with Gasteiger partial charge in [-0.2, -0.15) is 0 Å². The van der Waals surface area contributed by atoms with Crippen molar-refractivity contribution >= 4 is 21.8 Å². The van der Waals surface area contributed by atoms with E-state index in [1.165, 1.54) is 32.1 Å². The summed E-state index contributed by atoms with van der Waals surface area (Å²) in [6, 6.07) is 2.34. The molecule has 2 atom stereocenters. The highest BCUT2D eigenvalue weighted by Crippen LogP contribution is 2.36. The number of rotatable bonds is 1. The maximum absolute atomic E-state index is 12.5. The predicted octanol–water partition coefficient (Wildman–Crippen LogP) is 3.25. The Kier molecular flexibility index (Phi) is 3.37. The number of hydrogen-bond donors (Lipinski definition) is 0. The highest BCUT2D eigenvalue weighted by atomic mass is 79.9. The van der Waals surface area contributed by atoms with E-state index < -0.39 is 0 Å². The van der Waals surface area contributed by atoms with E-state index in [4.69, 9.17) is 0 Å². The molecule has 4 heteroatoms. The number of hydrogen-bond acceptors (Lipinski definition) is 2. The molecule has 1 aromatic rings. The zero-order valence-corrected chi connectivity index (χ0v) is 11.9. The Bertz CT molecular complexity index is 463. The van der Waals surface area contributed by atoms with E-state index in [1.54, 1.807) is 12.4 Å². The van der Waals surface area contributed by atoms with Crippen molar-refractivity contribution in [1.29, 1.82) is 0 Å². The molecule has 2 heterocycles. The van der Waals surface area contributed by atoms with Crippen molar-refractivity contribution in [1.82, 2.24) is 9.88 Å². The zero-order valence-electron chi connectivity index (χ0n) is 10.3. The monoisotopic (exact) mass is 308 g/mol. The first-order valence-corrected chi connectivity index (χ1v) is 7.46. The van der Waals surface area contributed by atoms with Gasteiger partial charge >= 0.3 is 0 Å².